The van der Waals surface area contributed by atoms with Gasteiger partial charge < -0.3 is 15.0 Å². The van der Waals surface area contributed by atoms with Gasteiger partial charge in [0.15, 0.2) is 0 Å². The van der Waals surface area contributed by atoms with E-state index in [9.17, 15) is 0 Å². The summed E-state index contributed by atoms with van der Waals surface area (Å²) in [5.41, 5.74) is 2.83. The predicted molar refractivity (Wildman–Crippen MR) is 70.6 cm³/mol. The Labute approximate surface area is 104 Å². The minimum absolute atomic E-state index is 0.417. The van der Waals surface area contributed by atoms with Crippen molar-refractivity contribution in [3.8, 4) is 5.75 Å². The molecule has 2 atom stereocenters. The van der Waals surface area contributed by atoms with Crippen LogP contribution in [0.25, 0.3) is 0 Å². The molecule has 0 saturated carbocycles. The van der Waals surface area contributed by atoms with E-state index in [-0.39, 0.29) is 0 Å². The normalized spacial score (nSPS) is 22.9. The minimum Gasteiger partial charge on any atom is -0.497 e. The first-order valence-corrected chi connectivity index (χ1v) is 6.24. The van der Waals surface area contributed by atoms with Gasteiger partial charge in [0.25, 0.3) is 0 Å². The molecule has 0 saturated heterocycles. The lowest BCUT2D eigenvalue weighted by molar-refractivity contribution is 0.246. The second-order valence-corrected chi connectivity index (χ2v) is 4.84. The van der Waals surface area contributed by atoms with Gasteiger partial charge in [-0.2, -0.15) is 0 Å². The SMILES string of the molecule is CCNC1c2cc(OC)ccc2CC1N(C)C. The van der Waals surface area contributed by atoms with Crippen molar-refractivity contribution in [2.45, 2.75) is 25.4 Å². The number of fused-ring (bicyclic) bond motifs is 1. The Morgan fingerprint density at radius 3 is 2.76 bits per heavy atom. The quantitative estimate of drug-likeness (QED) is 0.860. The molecule has 0 amide bonds. The van der Waals surface area contributed by atoms with E-state index < -0.39 is 0 Å². The van der Waals surface area contributed by atoms with E-state index in [2.05, 4.69) is 49.4 Å². The maximum absolute atomic E-state index is 5.32. The van der Waals surface area contributed by atoms with E-state index >= 15 is 0 Å². The molecule has 17 heavy (non-hydrogen) atoms. The number of rotatable bonds is 4. The fourth-order valence-corrected chi connectivity index (χ4v) is 2.67. The van der Waals surface area contributed by atoms with E-state index in [0.717, 1.165) is 18.7 Å². The summed E-state index contributed by atoms with van der Waals surface area (Å²) in [7, 11) is 6.03. The Hall–Kier alpha value is -1.06. The third kappa shape index (κ3) is 2.31. The second kappa shape index (κ2) is 5.07. The molecule has 1 N–H and O–H groups in total. The van der Waals surface area contributed by atoms with E-state index in [1.54, 1.807) is 7.11 Å². The molecule has 0 aliphatic heterocycles. The smallest absolute Gasteiger partial charge is 0.119 e. The molecule has 94 valence electrons. The van der Waals surface area contributed by atoms with Crippen LogP contribution in [-0.2, 0) is 6.42 Å². The molecule has 3 heteroatoms. The molecule has 2 rings (SSSR count). The largest absolute Gasteiger partial charge is 0.497 e. The molecule has 1 aromatic rings. The van der Waals surface area contributed by atoms with Gasteiger partial charge in [-0.15, -0.1) is 0 Å². The number of methoxy groups -OCH3 is 1. The molecule has 3 nitrogen and oxygen atoms in total. The third-order valence-corrected chi connectivity index (χ3v) is 3.59. The van der Waals surface area contributed by atoms with Crippen LogP contribution in [-0.4, -0.2) is 38.7 Å². The first-order chi connectivity index (χ1) is 8.17. The molecule has 1 aliphatic carbocycles. The van der Waals surface area contributed by atoms with Crippen LogP contribution in [0, 0.1) is 0 Å². The lowest BCUT2D eigenvalue weighted by Crippen LogP contribution is -2.38. The van der Waals surface area contributed by atoms with Gasteiger partial charge in [0.1, 0.15) is 5.75 Å². The van der Waals surface area contributed by atoms with Crippen LogP contribution in [0.15, 0.2) is 18.2 Å². The average molecular weight is 234 g/mol. The van der Waals surface area contributed by atoms with Crippen molar-refractivity contribution in [1.29, 1.82) is 0 Å². The van der Waals surface area contributed by atoms with Crippen LogP contribution >= 0.6 is 0 Å². The molecule has 0 fully saturated rings. The van der Waals surface area contributed by atoms with Crippen molar-refractivity contribution in [2.24, 2.45) is 0 Å². The zero-order valence-electron chi connectivity index (χ0n) is 11.2. The maximum Gasteiger partial charge on any atom is 0.119 e. The molecule has 0 aromatic heterocycles. The highest BCUT2D eigenvalue weighted by Crippen LogP contribution is 2.35. The molecular formula is C14H22N2O. The van der Waals surface area contributed by atoms with Crippen LogP contribution in [0.3, 0.4) is 0 Å². The monoisotopic (exact) mass is 234 g/mol. The van der Waals surface area contributed by atoms with E-state index in [0.29, 0.717) is 12.1 Å². The first kappa shape index (κ1) is 12.4. The Morgan fingerprint density at radius 1 is 1.41 bits per heavy atom. The lowest BCUT2D eigenvalue weighted by atomic mass is 10.1. The number of benzene rings is 1. The molecule has 0 bridgehead atoms. The van der Waals surface area contributed by atoms with Gasteiger partial charge in [0, 0.05) is 12.1 Å². The van der Waals surface area contributed by atoms with Gasteiger partial charge in [-0.25, -0.2) is 0 Å². The van der Waals surface area contributed by atoms with E-state index in [1.807, 2.05) is 0 Å². The zero-order chi connectivity index (χ0) is 12.4. The van der Waals surface area contributed by atoms with Gasteiger partial charge in [0.2, 0.25) is 0 Å². The fourth-order valence-electron chi connectivity index (χ4n) is 2.67. The van der Waals surface area contributed by atoms with Crippen molar-refractivity contribution in [1.82, 2.24) is 10.2 Å². The first-order valence-electron chi connectivity index (χ1n) is 6.24. The third-order valence-electron chi connectivity index (χ3n) is 3.59. The van der Waals surface area contributed by atoms with Crippen LogP contribution in [0.2, 0.25) is 0 Å². The van der Waals surface area contributed by atoms with Crippen molar-refractivity contribution in [3.05, 3.63) is 29.3 Å². The number of likely N-dealkylation sites (N-methyl/N-ethyl adjacent to an activating group) is 2. The topological polar surface area (TPSA) is 24.5 Å². The van der Waals surface area contributed by atoms with Crippen LogP contribution in [0.4, 0.5) is 0 Å². The number of hydrogen-bond acceptors (Lipinski definition) is 3. The number of nitrogens with zero attached hydrogens (tertiary/aromatic N) is 1. The van der Waals surface area contributed by atoms with Crippen LogP contribution in [0.1, 0.15) is 24.1 Å². The van der Waals surface area contributed by atoms with Crippen molar-refractivity contribution in [3.63, 3.8) is 0 Å². The van der Waals surface area contributed by atoms with Gasteiger partial charge >= 0.3 is 0 Å². The summed E-state index contributed by atoms with van der Waals surface area (Å²) in [4.78, 5) is 2.31. The Balaban J connectivity index is 2.33. The summed E-state index contributed by atoms with van der Waals surface area (Å²) >= 11 is 0. The van der Waals surface area contributed by atoms with Crippen LogP contribution in [0.5, 0.6) is 5.75 Å². The molecule has 0 heterocycles. The summed E-state index contributed by atoms with van der Waals surface area (Å²) in [5.74, 6) is 0.950. The average Bonchev–Trinajstić information content (AvgIpc) is 2.68. The number of nitrogens with one attached hydrogen (secondary N) is 1. The molecule has 1 aliphatic rings. The summed E-state index contributed by atoms with van der Waals surface area (Å²) in [6, 6.07) is 7.38. The number of ether oxygens (including phenoxy) is 1. The van der Waals surface area contributed by atoms with Gasteiger partial charge in [0.05, 0.1) is 7.11 Å². The van der Waals surface area contributed by atoms with Crippen molar-refractivity contribution < 1.29 is 4.74 Å². The highest BCUT2D eigenvalue weighted by atomic mass is 16.5. The maximum atomic E-state index is 5.32. The Kier molecular flexibility index (Phi) is 3.69. The second-order valence-electron chi connectivity index (χ2n) is 4.84. The standard InChI is InChI=1S/C14H22N2O/c1-5-15-14-12-9-11(17-4)7-6-10(12)8-13(14)16(2)3/h6-7,9,13-15H,5,8H2,1-4H3. The van der Waals surface area contributed by atoms with Crippen molar-refractivity contribution in [2.75, 3.05) is 27.7 Å². The van der Waals surface area contributed by atoms with E-state index in [1.165, 1.54) is 11.1 Å². The summed E-state index contributed by atoms with van der Waals surface area (Å²) in [5, 5.41) is 3.59. The van der Waals surface area contributed by atoms with Gasteiger partial charge in [-0.1, -0.05) is 13.0 Å². The Bertz CT molecular complexity index is 390. The summed E-state index contributed by atoms with van der Waals surface area (Å²) in [6.45, 7) is 3.15. The van der Waals surface area contributed by atoms with E-state index in [4.69, 9.17) is 4.74 Å². The Morgan fingerprint density at radius 2 is 2.18 bits per heavy atom. The lowest BCUT2D eigenvalue weighted by Gasteiger charge is -2.27. The van der Waals surface area contributed by atoms with Gasteiger partial charge in [-0.05, 0) is 50.3 Å². The summed E-state index contributed by atoms with van der Waals surface area (Å²) in [6.07, 6.45) is 1.12. The van der Waals surface area contributed by atoms with Crippen molar-refractivity contribution >= 4 is 0 Å². The highest BCUT2D eigenvalue weighted by molar-refractivity contribution is 5.42. The molecular weight excluding hydrogens is 212 g/mol. The molecule has 0 radical (unpaired) electrons. The molecule has 1 aromatic carbocycles. The van der Waals surface area contributed by atoms with Gasteiger partial charge in [-0.3, -0.25) is 0 Å². The van der Waals surface area contributed by atoms with Crippen LogP contribution < -0.4 is 10.1 Å². The zero-order valence-corrected chi connectivity index (χ0v) is 11.2. The summed E-state index contributed by atoms with van der Waals surface area (Å²) < 4.78 is 5.32. The minimum atomic E-state index is 0.417. The molecule has 2 unspecified atom stereocenters. The fraction of sp³-hybridized carbons (Fsp3) is 0.571. The highest BCUT2D eigenvalue weighted by Gasteiger charge is 2.33. The molecule has 0 spiro atoms. The predicted octanol–water partition coefficient (Wildman–Crippen LogP) is 1.83. The number of hydrogen-bond donors (Lipinski definition) is 1.